The Bertz CT molecular complexity index is 1180. The van der Waals surface area contributed by atoms with Crippen LogP contribution in [0.1, 0.15) is 22.8 Å². The summed E-state index contributed by atoms with van der Waals surface area (Å²) in [6, 6.07) is 14.1. The molecular weight excluding hydrogens is 344 g/mol. The van der Waals surface area contributed by atoms with E-state index in [4.69, 9.17) is 0 Å². The van der Waals surface area contributed by atoms with E-state index in [0.29, 0.717) is 22.5 Å². The molecular formula is C19H16N6O2. The first kappa shape index (κ1) is 16.6. The number of hydrogen-bond donors (Lipinski definition) is 2. The number of nitrogens with zero attached hydrogens (tertiary/aromatic N) is 4. The SMILES string of the molecule is CCc1cc(=O)[nH]c2cc(NC(=O)c3cccc(-n4cnnn4)c3)ccc12. The Morgan fingerprint density at radius 2 is 2.07 bits per heavy atom. The van der Waals surface area contributed by atoms with Crippen molar-refractivity contribution in [2.75, 3.05) is 5.32 Å². The minimum atomic E-state index is -0.265. The molecule has 0 aliphatic carbocycles. The number of carbonyl (C=O) groups excluding carboxylic acids is 1. The van der Waals surface area contributed by atoms with E-state index in [2.05, 4.69) is 25.8 Å². The summed E-state index contributed by atoms with van der Waals surface area (Å²) in [6.07, 6.45) is 2.22. The zero-order valence-electron chi connectivity index (χ0n) is 14.5. The van der Waals surface area contributed by atoms with Crippen LogP contribution in [0.2, 0.25) is 0 Å². The highest BCUT2D eigenvalue weighted by Gasteiger charge is 2.10. The summed E-state index contributed by atoms with van der Waals surface area (Å²) < 4.78 is 1.48. The molecule has 0 atom stereocenters. The summed E-state index contributed by atoms with van der Waals surface area (Å²) >= 11 is 0. The molecule has 0 fully saturated rings. The standard InChI is InChI=1S/C19H16N6O2/c1-2-12-9-18(26)22-17-10-14(6-7-16(12)17)21-19(27)13-4-3-5-15(8-13)25-11-20-23-24-25/h3-11H,2H2,1H3,(H,21,27)(H,22,26). The molecule has 2 N–H and O–H groups in total. The van der Waals surface area contributed by atoms with Crippen LogP contribution in [0.25, 0.3) is 16.6 Å². The highest BCUT2D eigenvalue weighted by molar-refractivity contribution is 6.05. The minimum Gasteiger partial charge on any atom is -0.322 e. The van der Waals surface area contributed by atoms with Crippen molar-refractivity contribution in [3.63, 3.8) is 0 Å². The van der Waals surface area contributed by atoms with Crippen molar-refractivity contribution in [2.24, 2.45) is 0 Å². The number of tetrazole rings is 1. The van der Waals surface area contributed by atoms with Gasteiger partial charge in [0.2, 0.25) is 5.56 Å². The molecule has 0 saturated heterocycles. The molecule has 0 spiro atoms. The van der Waals surface area contributed by atoms with Crippen molar-refractivity contribution in [3.8, 4) is 5.69 Å². The van der Waals surface area contributed by atoms with Gasteiger partial charge >= 0.3 is 0 Å². The minimum absolute atomic E-state index is 0.156. The molecule has 4 aromatic rings. The largest absolute Gasteiger partial charge is 0.322 e. The predicted octanol–water partition coefficient (Wildman–Crippen LogP) is 2.32. The smallest absolute Gasteiger partial charge is 0.255 e. The zero-order valence-corrected chi connectivity index (χ0v) is 14.5. The van der Waals surface area contributed by atoms with Gasteiger partial charge in [-0.05, 0) is 52.7 Å². The van der Waals surface area contributed by atoms with Gasteiger partial charge < -0.3 is 10.3 Å². The van der Waals surface area contributed by atoms with E-state index in [-0.39, 0.29) is 11.5 Å². The molecule has 0 aliphatic rings. The molecule has 0 unspecified atom stereocenters. The Kier molecular flexibility index (Phi) is 4.21. The monoisotopic (exact) mass is 360 g/mol. The maximum Gasteiger partial charge on any atom is 0.255 e. The first-order valence-corrected chi connectivity index (χ1v) is 8.45. The van der Waals surface area contributed by atoms with Crippen molar-refractivity contribution in [1.82, 2.24) is 25.2 Å². The summed E-state index contributed by atoms with van der Waals surface area (Å²) in [7, 11) is 0. The molecule has 0 radical (unpaired) electrons. The summed E-state index contributed by atoms with van der Waals surface area (Å²) in [5.74, 6) is -0.265. The number of anilines is 1. The van der Waals surface area contributed by atoms with E-state index in [0.717, 1.165) is 17.4 Å². The lowest BCUT2D eigenvalue weighted by Gasteiger charge is -2.09. The number of rotatable bonds is 4. The third-order valence-electron chi connectivity index (χ3n) is 4.29. The molecule has 2 aromatic heterocycles. The average Bonchev–Trinajstić information content (AvgIpc) is 3.22. The maximum absolute atomic E-state index is 12.6. The number of nitrogens with one attached hydrogen (secondary N) is 2. The highest BCUT2D eigenvalue weighted by atomic mass is 16.1. The maximum atomic E-state index is 12.6. The topological polar surface area (TPSA) is 106 Å². The molecule has 8 nitrogen and oxygen atoms in total. The Hall–Kier alpha value is -3.81. The Labute approximate surface area is 153 Å². The first-order valence-electron chi connectivity index (χ1n) is 8.45. The van der Waals surface area contributed by atoms with Crippen LogP contribution in [-0.4, -0.2) is 31.1 Å². The number of H-pyrrole nitrogens is 1. The molecule has 2 heterocycles. The van der Waals surface area contributed by atoms with Gasteiger partial charge in [-0.3, -0.25) is 9.59 Å². The van der Waals surface area contributed by atoms with Gasteiger partial charge in [0.15, 0.2) is 0 Å². The van der Waals surface area contributed by atoms with Crippen LogP contribution in [0.4, 0.5) is 5.69 Å². The van der Waals surface area contributed by atoms with E-state index in [1.807, 2.05) is 19.1 Å². The fourth-order valence-corrected chi connectivity index (χ4v) is 2.98. The van der Waals surface area contributed by atoms with Crippen molar-refractivity contribution in [1.29, 1.82) is 0 Å². The van der Waals surface area contributed by atoms with Crippen LogP contribution < -0.4 is 10.9 Å². The normalized spacial score (nSPS) is 10.9. The van der Waals surface area contributed by atoms with Crippen molar-refractivity contribution < 1.29 is 4.79 Å². The Morgan fingerprint density at radius 1 is 1.19 bits per heavy atom. The van der Waals surface area contributed by atoms with Gasteiger partial charge in [0.05, 0.1) is 11.2 Å². The summed E-state index contributed by atoms with van der Waals surface area (Å²) in [5, 5.41) is 14.8. The summed E-state index contributed by atoms with van der Waals surface area (Å²) in [5.41, 5.74) is 3.27. The van der Waals surface area contributed by atoms with E-state index in [9.17, 15) is 9.59 Å². The van der Waals surface area contributed by atoms with Gasteiger partial charge in [0.25, 0.3) is 5.91 Å². The van der Waals surface area contributed by atoms with Gasteiger partial charge in [-0.25, -0.2) is 4.68 Å². The second-order valence-corrected chi connectivity index (χ2v) is 6.03. The van der Waals surface area contributed by atoms with Crippen molar-refractivity contribution in [2.45, 2.75) is 13.3 Å². The second kappa shape index (κ2) is 6.83. The Balaban J connectivity index is 1.63. The van der Waals surface area contributed by atoms with E-state index < -0.39 is 0 Å². The lowest BCUT2D eigenvalue weighted by molar-refractivity contribution is 0.102. The van der Waals surface area contributed by atoms with Gasteiger partial charge in [-0.15, -0.1) is 5.10 Å². The highest BCUT2D eigenvalue weighted by Crippen LogP contribution is 2.21. The van der Waals surface area contributed by atoms with Crippen LogP contribution in [0.5, 0.6) is 0 Å². The third kappa shape index (κ3) is 3.32. The van der Waals surface area contributed by atoms with Crippen LogP contribution in [0.15, 0.2) is 59.7 Å². The number of pyridine rings is 1. The predicted molar refractivity (Wildman–Crippen MR) is 101 cm³/mol. The number of aromatic amines is 1. The molecule has 2 aromatic carbocycles. The molecule has 8 heteroatoms. The molecule has 1 amide bonds. The van der Waals surface area contributed by atoms with E-state index in [1.165, 1.54) is 11.0 Å². The van der Waals surface area contributed by atoms with Crippen LogP contribution in [0, 0.1) is 0 Å². The number of fused-ring (bicyclic) bond motifs is 1. The van der Waals surface area contributed by atoms with Crippen molar-refractivity contribution >= 4 is 22.5 Å². The van der Waals surface area contributed by atoms with Crippen molar-refractivity contribution in [3.05, 3.63) is 76.3 Å². The van der Waals surface area contributed by atoms with Crippen LogP contribution >= 0.6 is 0 Å². The third-order valence-corrected chi connectivity index (χ3v) is 4.29. The lowest BCUT2D eigenvalue weighted by Crippen LogP contribution is -2.13. The summed E-state index contributed by atoms with van der Waals surface area (Å²) in [6.45, 7) is 2.00. The number of amides is 1. The number of benzene rings is 2. The molecule has 0 saturated carbocycles. The fraction of sp³-hybridized carbons (Fsp3) is 0.105. The van der Waals surface area contributed by atoms with Crippen LogP contribution in [0.3, 0.4) is 0 Å². The number of hydrogen-bond acceptors (Lipinski definition) is 5. The van der Waals surface area contributed by atoms with Gasteiger partial charge in [-0.2, -0.15) is 0 Å². The quantitative estimate of drug-likeness (QED) is 0.581. The van der Waals surface area contributed by atoms with E-state index in [1.54, 1.807) is 36.4 Å². The number of aromatic nitrogens is 5. The number of aryl methyl sites for hydroxylation is 1. The molecule has 27 heavy (non-hydrogen) atoms. The summed E-state index contributed by atoms with van der Waals surface area (Å²) in [4.78, 5) is 27.2. The number of carbonyl (C=O) groups is 1. The fourth-order valence-electron chi connectivity index (χ4n) is 2.98. The molecule has 0 bridgehead atoms. The molecule has 4 rings (SSSR count). The zero-order chi connectivity index (χ0) is 18.8. The Morgan fingerprint density at radius 3 is 2.85 bits per heavy atom. The van der Waals surface area contributed by atoms with Gasteiger partial charge in [0.1, 0.15) is 6.33 Å². The first-order chi connectivity index (χ1) is 13.1. The van der Waals surface area contributed by atoms with Gasteiger partial charge in [-0.1, -0.05) is 19.1 Å². The average molecular weight is 360 g/mol. The van der Waals surface area contributed by atoms with E-state index >= 15 is 0 Å². The molecule has 134 valence electrons. The lowest BCUT2D eigenvalue weighted by atomic mass is 10.1. The second-order valence-electron chi connectivity index (χ2n) is 6.03. The molecule has 0 aliphatic heterocycles. The van der Waals surface area contributed by atoms with Gasteiger partial charge in [0, 0.05) is 22.7 Å². The van der Waals surface area contributed by atoms with Crippen LogP contribution in [-0.2, 0) is 6.42 Å².